The number of fused-ring (bicyclic) bond motifs is 1. The summed E-state index contributed by atoms with van der Waals surface area (Å²) in [6.45, 7) is 3.96. The van der Waals surface area contributed by atoms with E-state index in [-0.39, 0.29) is 12.1 Å². The summed E-state index contributed by atoms with van der Waals surface area (Å²) < 4.78 is 11.4. The van der Waals surface area contributed by atoms with Crippen LogP contribution in [0.4, 0.5) is 4.79 Å². The average molecular weight is 313 g/mol. The highest BCUT2D eigenvalue weighted by molar-refractivity contribution is 5.77. The lowest BCUT2D eigenvalue weighted by molar-refractivity contribution is 0.110. The van der Waals surface area contributed by atoms with Gasteiger partial charge in [-0.2, -0.15) is 0 Å². The molecule has 0 spiro atoms. The Labute approximate surface area is 134 Å². The number of carbonyl (C=O) groups excluding carboxylic acids is 1. The third kappa shape index (κ3) is 3.03. The molecule has 1 atom stereocenters. The Morgan fingerprint density at radius 1 is 1.17 bits per heavy atom. The van der Waals surface area contributed by atoms with Gasteiger partial charge in [-0.3, -0.25) is 4.90 Å². The summed E-state index contributed by atoms with van der Waals surface area (Å²) >= 11 is 0. The van der Waals surface area contributed by atoms with Crippen molar-refractivity contribution >= 4 is 6.03 Å². The number of furan rings is 1. The Kier molecular flexibility index (Phi) is 3.67. The molecular weight excluding hydrogens is 294 g/mol. The van der Waals surface area contributed by atoms with Gasteiger partial charge >= 0.3 is 6.03 Å². The van der Waals surface area contributed by atoms with Crippen LogP contribution in [0.5, 0.6) is 11.7 Å². The molecule has 6 heteroatoms. The van der Waals surface area contributed by atoms with Crippen LogP contribution < -0.4 is 10.1 Å². The number of carbonyl (C=O) groups is 1. The predicted molar refractivity (Wildman–Crippen MR) is 84.4 cm³/mol. The van der Waals surface area contributed by atoms with Crippen LogP contribution in [0.25, 0.3) is 0 Å². The van der Waals surface area contributed by atoms with Gasteiger partial charge in [-0.25, -0.2) is 4.79 Å². The van der Waals surface area contributed by atoms with Gasteiger partial charge in [-0.15, -0.1) is 0 Å². The molecule has 2 aliphatic heterocycles. The Morgan fingerprint density at radius 3 is 2.91 bits per heavy atom. The minimum absolute atomic E-state index is 0.0613. The first-order valence-electron chi connectivity index (χ1n) is 7.86. The smallest absolute Gasteiger partial charge is 0.317 e. The maximum absolute atomic E-state index is 11.6. The third-order valence-electron chi connectivity index (χ3n) is 4.29. The summed E-state index contributed by atoms with van der Waals surface area (Å²) in [5, 5.41) is 2.89. The summed E-state index contributed by atoms with van der Waals surface area (Å²) in [6, 6.07) is 13.7. The number of nitrogens with zero attached hydrogens (tertiary/aromatic N) is 2. The molecule has 4 rings (SSSR count). The SMILES string of the molecule is O=C1NC[C@@H]2CN(Cc3ccc(Oc4ccccc4)o3)CCN12. The number of amides is 2. The second-order valence-corrected chi connectivity index (χ2v) is 5.90. The van der Waals surface area contributed by atoms with Gasteiger partial charge < -0.3 is 19.4 Å². The fourth-order valence-corrected chi connectivity index (χ4v) is 3.14. The molecule has 1 aromatic carbocycles. The zero-order chi connectivity index (χ0) is 15.6. The molecule has 1 aromatic heterocycles. The van der Waals surface area contributed by atoms with Crippen molar-refractivity contribution < 1.29 is 13.9 Å². The molecule has 0 saturated carbocycles. The van der Waals surface area contributed by atoms with Crippen molar-refractivity contribution in [2.24, 2.45) is 0 Å². The van der Waals surface area contributed by atoms with Gasteiger partial charge in [0.15, 0.2) is 0 Å². The van der Waals surface area contributed by atoms with Gasteiger partial charge in [0.2, 0.25) is 0 Å². The summed E-state index contributed by atoms with van der Waals surface area (Å²) in [4.78, 5) is 15.8. The van der Waals surface area contributed by atoms with E-state index in [2.05, 4.69) is 10.2 Å². The fourth-order valence-electron chi connectivity index (χ4n) is 3.14. The van der Waals surface area contributed by atoms with Crippen LogP contribution >= 0.6 is 0 Å². The average Bonchev–Trinajstić information content (AvgIpc) is 3.15. The van der Waals surface area contributed by atoms with Crippen molar-refractivity contribution in [3.05, 3.63) is 48.2 Å². The zero-order valence-electron chi connectivity index (χ0n) is 12.8. The van der Waals surface area contributed by atoms with Crippen molar-refractivity contribution in [3.8, 4) is 11.7 Å². The van der Waals surface area contributed by atoms with E-state index in [4.69, 9.17) is 9.15 Å². The fraction of sp³-hybridized carbons (Fsp3) is 0.353. The summed E-state index contributed by atoms with van der Waals surface area (Å²) in [6.07, 6.45) is 0. The van der Waals surface area contributed by atoms with Crippen LogP contribution in [0.3, 0.4) is 0 Å². The summed E-state index contributed by atoms with van der Waals surface area (Å²) in [5.41, 5.74) is 0. The molecule has 1 N–H and O–H groups in total. The molecule has 2 aliphatic rings. The summed E-state index contributed by atoms with van der Waals surface area (Å²) in [7, 11) is 0. The van der Waals surface area contributed by atoms with Crippen molar-refractivity contribution in [1.82, 2.24) is 15.1 Å². The summed E-state index contributed by atoms with van der Waals surface area (Å²) in [5.74, 6) is 2.14. The molecule has 3 heterocycles. The number of nitrogens with one attached hydrogen (secondary N) is 1. The number of ether oxygens (including phenoxy) is 1. The van der Waals surface area contributed by atoms with Crippen LogP contribution in [0.1, 0.15) is 5.76 Å². The number of para-hydroxylation sites is 1. The van der Waals surface area contributed by atoms with E-state index in [9.17, 15) is 4.79 Å². The quantitative estimate of drug-likeness (QED) is 0.941. The van der Waals surface area contributed by atoms with Gasteiger partial charge in [-0.1, -0.05) is 18.2 Å². The highest BCUT2D eigenvalue weighted by Crippen LogP contribution is 2.25. The Bertz CT molecular complexity index is 685. The lowest BCUT2D eigenvalue weighted by Crippen LogP contribution is -2.51. The van der Waals surface area contributed by atoms with E-state index in [1.807, 2.05) is 47.4 Å². The number of hydrogen-bond acceptors (Lipinski definition) is 4. The Hall–Kier alpha value is -2.47. The van der Waals surface area contributed by atoms with Crippen molar-refractivity contribution in [2.45, 2.75) is 12.6 Å². The second kappa shape index (κ2) is 5.96. The number of hydrogen-bond donors (Lipinski definition) is 1. The zero-order valence-corrected chi connectivity index (χ0v) is 12.8. The van der Waals surface area contributed by atoms with E-state index in [1.165, 1.54) is 0 Å². The van der Waals surface area contributed by atoms with E-state index in [0.717, 1.165) is 44.2 Å². The van der Waals surface area contributed by atoms with E-state index >= 15 is 0 Å². The standard InChI is InChI=1S/C17H19N3O3/c21-17-18-10-13-11-19(8-9-20(13)17)12-15-6-7-16(23-15)22-14-4-2-1-3-5-14/h1-7,13H,8-12H2,(H,18,21)/t13-/m1/s1. The Balaban J connectivity index is 1.36. The Morgan fingerprint density at radius 2 is 2.04 bits per heavy atom. The minimum atomic E-state index is 0.0613. The molecule has 0 unspecified atom stereocenters. The van der Waals surface area contributed by atoms with Crippen LogP contribution in [0.2, 0.25) is 0 Å². The molecule has 6 nitrogen and oxygen atoms in total. The topological polar surface area (TPSA) is 58.0 Å². The number of piperazine rings is 1. The number of benzene rings is 1. The highest BCUT2D eigenvalue weighted by Gasteiger charge is 2.35. The highest BCUT2D eigenvalue weighted by atomic mass is 16.6. The van der Waals surface area contributed by atoms with Crippen molar-refractivity contribution in [1.29, 1.82) is 0 Å². The molecule has 120 valence electrons. The van der Waals surface area contributed by atoms with Gasteiger partial charge in [0, 0.05) is 32.2 Å². The molecule has 23 heavy (non-hydrogen) atoms. The molecule has 2 aromatic rings. The van der Waals surface area contributed by atoms with Crippen molar-refractivity contribution in [3.63, 3.8) is 0 Å². The van der Waals surface area contributed by atoms with Gasteiger partial charge in [0.1, 0.15) is 11.5 Å². The maximum atomic E-state index is 11.6. The van der Waals surface area contributed by atoms with Gasteiger partial charge in [0.25, 0.3) is 5.95 Å². The lowest BCUT2D eigenvalue weighted by atomic mass is 10.2. The maximum Gasteiger partial charge on any atom is 0.317 e. The largest absolute Gasteiger partial charge is 0.429 e. The normalized spacial score (nSPS) is 21.1. The monoisotopic (exact) mass is 313 g/mol. The number of rotatable bonds is 4. The third-order valence-corrected chi connectivity index (χ3v) is 4.29. The molecular formula is C17H19N3O3. The molecule has 0 aliphatic carbocycles. The molecule has 2 saturated heterocycles. The first-order valence-corrected chi connectivity index (χ1v) is 7.86. The van der Waals surface area contributed by atoms with Crippen LogP contribution in [-0.2, 0) is 6.54 Å². The molecule has 0 bridgehead atoms. The molecule has 2 amide bonds. The van der Waals surface area contributed by atoms with Crippen LogP contribution in [-0.4, -0.2) is 48.1 Å². The predicted octanol–water partition coefficient (Wildman–Crippen LogP) is 2.28. The lowest BCUT2D eigenvalue weighted by Gasteiger charge is -2.35. The van der Waals surface area contributed by atoms with Crippen LogP contribution in [0, 0.1) is 0 Å². The van der Waals surface area contributed by atoms with Gasteiger partial charge in [-0.05, 0) is 18.2 Å². The molecule has 2 fully saturated rings. The molecule has 0 radical (unpaired) electrons. The van der Waals surface area contributed by atoms with E-state index < -0.39 is 0 Å². The van der Waals surface area contributed by atoms with E-state index in [1.54, 1.807) is 0 Å². The second-order valence-electron chi connectivity index (χ2n) is 5.90. The minimum Gasteiger partial charge on any atom is -0.429 e. The first-order chi connectivity index (χ1) is 11.3. The number of urea groups is 1. The van der Waals surface area contributed by atoms with Gasteiger partial charge in [0.05, 0.1) is 12.6 Å². The van der Waals surface area contributed by atoms with Crippen LogP contribution in [0.15, 0.2) is 46.9 Å². The van der Waals surface area contributed by atoms with E-state index in [0.29, 0.717) is 5.95 Å². The first kappa shape index (κ1) is 14.1. The van der Waals surface area contributed by atoms with Crippen molar-refractivity contribution in [2.75, 3.05) is 26.2 Å².